The van der Waals surface area contributed by atoms with Gasteiger partial charge in [-0.05, 0) is 55.0 Å². The van der Waals surface area contributed by atoms with Gasteiger partial charge in [0.15, 0.2) is 5.16 Å². The van der Waals surface area contributed by atoms with Crippen molar-refractivity contribution in [1.82, 2.24) is 14.8 Å². The van der Waals surface area contributed by atoms with E-state index in [0.717, 1.165) is 41.6 Å². The molecule has 1 atom stereocenters. The van der Waals surface area contributed by atoms with Crippen molar-refractivity contribution in [2.45, 2.75) is 43.6 Å². The maximum atomic E-state index is 12.8. The first-order valence-electron chi connectivity index (χ1n) is 10.6. The van der Waals surface area contributed by atoms with E-state index in [9.17, 15) is 4.79 Å². The summed E-state index contributed by atoms with van der Waals surface area (Å²) in [5.41, 5.74) is 3.19. The lowest BCUT2D eigenvalue weighted by Crippen LogP contribution is -2.23. The molecule has 2 aromatic heterocycles. The highest BCUT2D eigenvalue weighted by Crippen LogP contribution is 2.25. The Labute approximate surface area is 196 Å². The largest absolute Gasteiger partial charge is 0.325 e. The van der Waals surface area contributed by atoms with Crippen molar-refractivity contribution in [2.24, 2.45) is 0 Å². The number of thioether (sulfide) groups is 1. The molecule has 1 unspecified atom stereocenters. The fourth-order valence-electron chi connectivity index (χ4n) is 3.39. The lowest BCUT2D eigenvalue weighted by molar-refractivity contribution is -0.115. The highest BCUT2D eigenvalue weighted by atomic mass is 32.2. The van der Waals surface area contributed by atoms with Crippen LogP contribution in [0.15, 0.2) is 77.3 Å². The monoisotopic (exact) mass is 462 g/mol. The Balaban J connectivity index is 1.49. The molecule has 4 rings (SSSR count). The fraction of sp³-hybridized carbons (Fsp3) is 0.240. The zero-order chi connectivity index (χ0) is 22.3. The molecule has 1 N–H and O–H groups in total. The molecule has 2 heterocycles. The topological polar surface area (TPSA) is 59.8 Å². The van der Waals surface area contributed by atoms with Crippen LogP contribution in [0.4, 0.5) is 5.69 Å². The summed E-state index contributed by atoms with van der Waals surface area (Å²) in [6.45, 7) is 4.69. The molecule has 0 saturated heterocycles. The van der Waals surface area contributed by atoms with Crippen LogP contribution in [0.25, 0.3) is 0 Å². The predicted octanol–water partition coefficient (Wildman–Crippen LogP) is 5.60. The normalized spacial score (nSPS) is 11.9. The molecule has 0 aliphatic rings. The molecule has 0 saturated carbocycles. The first-order chi connectivity index (χ1) is 15.6. The summed E-state index contributed by atoms with van der Waals surface area (Å²) in [6.07, 6.45) is 1.62. The van der Waals surface area contributed by atoms with Crippen LogP contribution in [0.1, 0.15) is 28.8 Å². The Morgan fingerprint density at radius 2 is 1.94 bits per heavy atom. The molecule has 4 aromatic rings. The van der Waals surface area contributed by atoms with Crippen LogP contribution in [0.3, 0.4) is 0 Å². The quantitative estimate of drug-likeness (QED) is 0.329. The Morgan fingerprint density at radius 1 is 1.09 bits per heavy atom. The van der Waals surface area contributed by atoms with E-state index in [0.29, 0.717) is 0 Å². The molecular formula is C25H26N4OS2. The van der Waals surface area contributed by atoms with Gasteiger partial charge >= 0.3 is 0 Å². The summed E-state index contributed by atoms with van der Waals surface area (Å²) in [7, 11) is 0. The maximum Gasteiger partial charge on any atom is 0.237 e. The van der Waals surface area contributed by atoms with Gasteiger partial charge in [-0.2, -0.15) is 0 Å². The summed E-state index contributed by atoms with van der Waals surface area (Å²) in [4.78, 5) is 14.0. The minimum absolute atomic E-state index is 0.0435. The van der Waals surface area contributed by atoms with Crippen LogP contribution in [0.2, 0.25) is 0 Å². The lowest BCUT2D eigenvalue weighted by atomic mass is 10.1. The molecule has 1 amide bonds. The Hall–Kier alpha value is -2.90. The number of thiophene rings is 1. The lowest BCUT2D eigenvalue weighted by Gasteiger charge is -2.14. The van der Waals surface area contributed by atoms with Gasteiger partial charge in [0.25, 0.3) is 0 Å². The van der Waals surface area contributed by atoms with Crippen LogP contribution in [0, 0.1) is 6.92 Å². The highest BCUT2D eigenvalue weighted by Gasteiger charge is 2.21. The average molecular weight is 463 g/mol. The molecule has 0 bridgehead atoms. The zero-order valence-corrected chi connectivity index (χ0v) is 19.8. The Kier molecular flexibility index (Phi) is 7.39. The van der Waals surface area contributed by atoms with E-state index in [4.69, 9.17) is 0 Å². The molecular weight excluding hydrogens is 436 g/mol. The second-order valence-corrected chi connectivity index (χ2v) is 10.0. The van der Waals surface area contributed by atoms with E-state index in [-0.39, 0.29) is 11.2 Å². The van der Waals surface area contributed by atoms with E-state index in [2.05, 4.69) is 61.9 Å². The van der Waals surface area contributed by atoms with Gasteiger partial charge in [0.1, 0.15) is 5.82 Å². The second-order valence-electron chi connectivity index (χ2n) is 7.66. The molecule has 0 radical (unpaired) electrons. The van der Waals surface area contributed by atoms with E-state index < -0.39 is 0 Å². The number of carbonyl (C=O) groups is 1. The number of nitrogens with one attached hydrogen (secondary N) is 1. The van der Waals surface area contributed by atoms with E-state index in [1.807, 2.05) is 44.2 Å². The fourth-order valence-corrected chi connectivity index (χ4v) is 4.99. The smallest absolute Gasteiger partial charge is 0.237 e. The van der Waals surface area contributed by atoms with Crippen molar-refractivity contribution in [3.8, 4) is 0 Å². The van der Waals surface area contributed by atoms with Gasteiger partial charge in [0, 0.05) is 23.5 Å². The van der Waals surface area contributed by atoms with E-state index in [1.54, 1.807) is 11.3 Å². The third-order valence-electron chi connectivity index (χ3n) is 5.11. The van der Waals surface area contributed by atoms with Crippen molar-refractivity contribution >= 4 is 34.7 Å². The van der Waals surface area contributed by atoms with Crippen LogP contribution in [-0.2, 0) is 24.2 Å². The molecule has 0 aliphatic carbocycles. The molecule has 0 fully saturated rings. The van der Waals surface area contributed by atoms with Crippen molar-refractivity contribution in [2.75, 3.05) is 5.32 Å². The number of aryl methyl sites for hydroxylation is 2. The van der Waals surface area contributed by atoms with Gasteiger partial charge < -0.3 is 9.88 Å². The van der Waals surface area contributed by atoms with Crippen LogP contribution >= 0.6 is 23.1 Å². The first kappa shape index (κ1) is 22.3. The van der Waals surface area contributed by atoms with Crippen LogP contribution in [-0.4, -0.2) is 25.9 Å². The van der Waals surface area contributed by atoms with Crippen molar-refractivity contribution in [3.63, 3.8) is 0 Å². The van der Waals surface area contributed by atoms with Crippen molar-refractivity contribution in [3.05, 3.63) is 93.9 Å². The SMILES string of the molecule is Cc1cccc(NC(=O)C(C)Sc2nnc(Cc3cccs3)n2CCc2ccccc2)c1. The number of hydrogen-bond acceptors (Lipinski definition) is 5. The molecule has 5 nitrogen and oxygen atoms in total. The Morgan fingerprint density at radius 3 is 2.69 bits per heavy atom. The first-order valence-corrected chi connectivity index (χ1v) is 12.4. The van der Waals surface area contributed by atoms with Gasteiger partial charge in [0.2, 0.25) is 5.91 Å². The number of hydrogen-bond donors (Lipinski definition) is 1. The highest BCUT2D eigenvalue weighted by molar-refractivity contribution is 8.00. The third-order valence-corrected chi connectivity index (χ3v) is 7.07. The van der Waals surface area contributed by atoms with Gasteiger partial charge in [-0.25, -0.2) is 0 Å². The Bertz CT molecular complexity index is 1160. The third kappa shape index (κ3) is 5.87. The average Bonchev–Trinajstić information content (AvgIpc) is 3.43. The summed E-state index contributed by atoms with van der Waals surface area (Å²) in [5, 5.41) is 14.5. The zero-order valence-electron chi connectivity index (χ0n) is 18.2. The number of aromatic nitrogens is 3. The predicted molar refractivity (Wildman–Crippen MR) is 132 cm³/mol. The molecule has 2 aromatic carbocycles. The van der Waals surface area contributed by atoms with Crippen LogP contribution < -0.4 is 5.32 Å². The molecule has 0 aliphatic heterocycles. The number of nitrogens with zero attached hydrogens (tertiary/aromatic N) is 3. The van der Waals surface area contributed by atoms with Gasteiger partial charge in [-0.3, -0.25) is 4.79 Å². The molecule has 7 heteroatoms. The van der Waals surface area contributed by atoms with Gasteiger partial charge in [0.05, 0.1) is 5.25 Å². The minimum atomic E-state index is -0.301. The standard InChI is InChI=1S/C25H26N4OS2/c1-18-8-6-11-21(16-18)26-24(30)19(2)32-25-28-27-23(17-22-12-7-15-31-22)29(25)14-13-20-9-4-3-5-10-20/h3-12,15-16,19H,13-14,17H2,1-2H3,(H,26,30). The van der Waals surface area contributed by atoms with Crippen molar-refractivity contribution < 1.29 is 4.79 Å². The summed E-state index contributed by atoms with van der Waals surface area (Å²) < 4.78 is 2.16. The second kappa shape index (κ2) is 10.6. The molecule has 0 spiro atoms. The summed E-state index contributed by atoms with van der Waals surface area (Å²) >= 11 is 3.17. The number of rotatable bonds is 9. The van der Waals surface area contributed by atoms with Crippen LogP contribution in [0.5, 0.6) is 0 Å². The number of benzene rings is 2. The minimum Gasteiger partial charge on any atom is -0.325 e. The number of amides is 1. The summed E-state index contributed by atoms with van der Waals surface area (Å²) in [5.74, 6) is 0.884. The maximum absolute atomic E-state index is 12.8. The summed E-state index contributed by atoms with van der Waals surface area (Å²) in [6, 6.07) is 22.4. The molecule has 32 heavy (non-hydrogen) atoms. The van der Waals surface area contributed by atoms with Gasteiger partial charge in [-0.15, -0.1) is 21.5 Å². The van der Waals surface area contributed by atoms with Crippen molar-refractivity contribution in [1.29, 1.82) is 0 Å². The van der Waals surface area contributed by atoms with Gasteiger partial charge in [-0.1, -0.05) is 60.3 Å². The molecule has 164 valence electrons. The van der Waals surface area contributed by atoms with E-state index >= 15 is 0 Å². The number of carbonyl (C=O) groups excluding carboxylic acids is 1. The van der Waals surface area contributed by atoms with E-state index in [1.165, 1.54) is 22.2 Å². The number of anilines is 1.